The normalized spacial score (nSPS) is 25.8. The number of nitrogens with one attached hydrogen (secondary N) is 1. The van der Waals surface area contributed by atoms with Crippen molar-refractivity contribution in [2.45, 2.75) is 24.4 Å². The topological polar surface area (TPSA) is 94.5 Å². The number of ether oxygens (including phenoxy) is 2. The summed E-state index contributed by atoms with van der Waals surface area (Å²) in [5.74, 6) is 0.153. The van der Waals surface area contributed by atoms with E-state index in [0.717, 1.165) is 5.69 Å². The van der Waals surface area contributed by atoms with E-state index in [1.165, 1.54) is 12.1 Å². The molecule has 2 aliphatic heterocycles. The summed E-state index contributed by atoms with van der Waals surface area (Å²) in [7, 11) is 1.56. The van der Waals surface area contributed by atoms with Gasteiger partial charge in [0.15, 0.2) is 0 Å². The quantitative estimate of drug-likeness (QED) is 0.566. The summed E-state index contributed by atoms with van der Waals surface area (Å²) in [6, 6.07) is 12.9. The van der Waals surface area contributed by atoms with Crippen molar-refractivity contribution in [3.05, 3.63) is 59.9 Å². The van der Waals surface area contributed by atoms with Crippen molar-refractivity contribution >= 4 is 11.6 Å². The zero-order valence-corrected chi connectivity index (χ0v) is 18.6. The highest BCUT2D eigenvalue weighted by molar-refractivity contribution is 5.94. The number of halogens is 1. The second kappa shape index (κ2) is 10.5. The number of rotatable bonds is 7. The minimum atomic E-state index is -0.866. The fraction of sp³-hybridized carbons (Fsp3) is 0.458. The number of hydrogen-bond acceptors (Lipinski definition) is 7. The van der Waals surface area contributed by atoms with Crippen molar-refractivity contribution in [3.8, 4) is 5.75 Å². The Labute approximate surface area is 192 Å². The van der Waals surface area contributed by atoms with E-state index in [2.05, 4.69) is 15.1 Å². The molecular weight excluding hydrogens is 429 g/mol. The third kappa shape index (κ3) is 5.27. The Morgan fingerprint density at radius 2 is 1.76 bits per heavy atom. The van der Waals surface area contributed by atoms with E-state index in [4.69, 9.17) is 9.47 Å². The molecule has 3 N–H and O–H groups in total. The summed E-state index contributed by atoms with van der Waals surface area (Å²) < 4.78 is 24.2. The Balaban J connectivity index is 1.38. The molecule has 178 valence electrons. The molecular formula is C24H30FN3O5. The molecule has 1 amide bonds. The van der Waals surface area contributed by atoms with Crippen LogP contribution in [-0.4, -0.2) is 91.8 Å². The van der Waals surface area contributed by atoms with Crippen molar-refractivity contribution in [2.24, 2.45) is 0 Å². The molecule has 33 heavy (non-hydrogen) atoms. The predicted octanol–water partition coefficient (Wildman–Crippen LogP) is 0.876. The highest BCUT2D eigenvalue weighted by atomic mass is 19.1. The van der Waals surface area contributed by atoms with Crippen molar-refractivity contribution in [1.29, 1.82) is 0 Å². The molecule has 2 aromatic carbocycles. The van der Waals surface area contributed by atoms with Crippen molar-refractivity contribution in [2.75, 3.05) is 51.3 Å². The molecule has 0 radical (unpaired) electrons. The lowest BCUT2D eigenvalue weighted by Gasteiger charge is -2.41. The van der Waals surface area contributed by atoms with E-state index < -0.39 is 18.3 Å². The summed E-state index contributed by atoms with van der Waals surface area (Å²) in [6.07, 6.45) is -2.03. The summed E-state index contributed by atoms with van der Waals surface area (Å²) in [4.78, 5) is 16.9. The molecule has 0 bridgehead atoms. The van der Waals surface area contributed by atoms with Crippen molar-refractivity contribution in [3.63, 3.8) is 0 Å². The van der Waals surface area contributed by atoms with Crippen LogP contribution < -0.4 is 15.0 Å². The lowest BCUT2D eigenvalue weighted by Crippen LogP contribution is -2.57. The number of methoxy groups -OCH3 is 1. The lowest BCUT2D eigenvalue weighted by atomic mass is 10.0. The SMILES string of the molecule is COc1ccc(C(=O)NC[C@@H]2O[C@@H](CO)[C@@H](O)[C@H]2N2CCN(c3ccc(F)cc3)CC2)cc1. The molecule has 4 atom stereocenters. The van der Waals surface area contributed by atoms with E-state index in [9.17, 15) is 19.4 Å². The number of piperazine rings is 1. The van der Waals surface area contributed by atoms with Crippen LogP contribution in [0.4, 0.5) is 10.1 Å². The van der Waals surface area contributed by atoms with Gasteiger partial charge in [-0.1, -0.05) is 0 Å². The molecule has 9 heteroatoms. The van der Waals surface area contributed by atoms with Gasteiger partial charge in [0, 0.05) is 44.0 Å². The van der Waals surface area contributed by atoms with Crippen LogP contribution in [-0.2, 0) is 4.74 Å². The maximum Gasteiger partial charge on any atom is 0.251 e. The minimum absolute atomic E-state index is 0.210. The van der Waals surface area contributed by atoms with E-state index in [1.807, 2.05) is 0 Å². The summed E-state index contributed by atoms with van der Waals surface area (Å²) in [5, 5.41) is 23.3. The summed E-state index contributed by atoms with van der Waals surface area (Å²) >= 11 is 0. The number of nitrogens with zero attached hydrogens (tertiary/aromatic N) is 2. The summed E-state index contributed by atoms with van der Waals surface area (Å²) in [5.41, 5.74) is 1.45. The Morgan fingerprint density at radius 1 is 1.09 bits per heavy atom. The van der Waals surface area contributed by atoms with Gasteiger partial charge in [0.25, 0.3) is 5.91 Å². The number of carbonyl (C=O) groups excluding carboxylic acids is 1. The molecule has 2 saturated heterocycles. The lowest BCUT2D eigenvalue weighted by molar-refractivity contribution is -0.0209. The second-order valence-electron chi connectivity index (χ2n) is 8.31. The van der Waals surface area contributed by atoms with Gasteiger partial charge in [-0.15, -0.1) is 0 Å². The Kier molecular flexibility index (Phi) is 7.44. The first-order chi connectivity index (χ1) is 16.0. The van der Waals surface area contributed by atoms with Crippen LogP contribution in [0, 0.1) is 5.82 Å². The zero-order chi connectivity index (χ0) is 23.4. The molecule has 8 nitrogen and oxygen atoms in total. The smallest absolute Gasteiger partial charge is 0.251 e. The van der Waals surface area contributed by atoms with Gasteiger partial charge in [-0.25, -0.2) is 4.39 Å². The Morgan fingerprint density at radius 3 is 2.36 bits per heavy atom. The molecule has 2 heterocycles. The molecule has 0 aromatic heterocycles. The van der Waals surface area contributed by atoms with Gasteiger partial charge < -0.3 is 29.9 Å². The van der Waals surface area contributed by atoms with Crippen LogP contribution in [0.25, 0.3) is 0 Å². The third-order valence-electron chi connectivity index (χ3n) is 6.38. The molecule has 2 fully saturated rings. The van der Waals surface area contributed by atoms with E-state index in [1.54, 1.807) is 43.5 Å². The monoisotopic (exact) mass is 459 g/mol. The highest BCUT2D eigenvalue weighted by Crippen LogP contribution is 2.28. The number of aliphatic hydroxyl groups is 2. The van der Waals surface area contributed by atoms with Gasteiger partial charge in [0.05, 0.1) is 25.9 Å². The van der Waals surface area contributed by atoms with Crippen LogP contribution >= 0.6 is 0 Å². The van der Waals surface area contributed by atoms with E-state index in [-0.39, 0.29) is 30.9 Å². The maximum absolute atomic E-state index is 13.2. The average Bonchev–Trinajstić information content (AvgIpc) is 3.18. The molecule has 0 spiro atoms. The van der Waals surface area contributed by atoms with Crippen LogP contribution in [0.2, 0.25) is 0 Å². The second-order valence-corrected chi connectivity index (χ2v) is 8.31. The number of hydrogen-bond donors (Lipinski definition) is 3. The highest BCUT2D eigenvalue weighted by Gasteiger charge is 2.46. The number of amides is 1. The van der Waals surface area contributed by atoms with Gasteiger partial charge in [-0.05, 0) is 48.5 Å². The first-order valence-corrected chi connectivity index (χ1v) is 11.1. The first kappa shape index (κ1) is 23.4. The fourth-order valence-electron chi connectivity index (χ4n) is 4.56. The zero-order valence-electron chi connectivity index (χ0n) is 18.6. The standard InChI is InChI=1S/C24H30FN3O5/c1-32-19-8-2-16(3-9-19)24(31)26-14-20-22(23(30)21(15-29)33-20)28-12-10-27(11-13-28)18-6-4-17(25)5-7-18/h2-9,20-23,29-30H,10-15H2,1H3,(H,26,31)/t20-,21-,22-,23+/m0/s1. The van der Waals surface area contributed by atoms with E-state index >= 15 is 0 Å². The number of carbonyl (C=O) groups is 1. The molecule has 0 saturated carbocycles. The molecule has 0 aliphatic carbocycles. The molecule has 4 rings (SSSR count). The average molecular weight is 460 g/mol. The molecule has 2 aromatic rings. The third-order valence-corrected chi connectivity index (χ3v) is 6.38. The predicted molar refractivity (Wildman–Crippen MR) is 121 cm³/mol. The Bertz CT molecular complexity index is 919. The number of aliphatic hydroxyl groups excluding tert-OH is 2. The van der Waals surface area contributed by atoms with Crippen molar-refractivity contribution < 1.29 is 28.9 Å². The molecule has 2 aliphatic rings. The minimum Gasteiger partial charge on any atom is -0.497 e. The summed E-state index contributed by atoms with van der Waals surface area (Å²) in [6.45, 7) is 2.68. The van der Waals surface area contributed by atoms with Gasteiger partial charge in [-0.3, -0.25) is 9.69 Å². The van der Waals surface area contributed by atoms with E-state index in [0.29, 0.717) is 37.5 Å². The van der Waals surface area contributed by atoms with Crippen LogP contribution in [0.5, 0.6) is 5.75 Å². The Hall–Kier alpha value is -2.72. The first-order valence-electron chi connectivity index (χ1n) is 11.1. The fourth-order valence-corrected chi connectivity index (χ4v) is 4.56. The van der Waals surface area contributed by atoms with Crippen LogP contribution in [0.15, 0.2) is 48.5 Å². The number of anilines is 1. The number of benzene rings is 2. The van der Waals surface area contributed by atoms with Gasteiger partial charge in [0.1, 0.15) is 23.8 Å². The van der Waals surface area contributed by atoms with Gasteiger partial charge >= 0.3 is 0 Å². The van der Waals surface area contributed by atoms with Gasteiger partial charge in [0.2, 0.25) is 0 Å². The van der Waals surface area contributed by atoms with Gasteiger partial charge in [-0.2, -0.15) is 0 Å². The maximum atomic E-state index is 13.2. The molecule has 0 unspecified atom stereocenters. The van der Waals surface area contributed by atoms with Crippen molar-refractivity contribution in [1.82, 2.24) is 10.2 Å². The van der Waals surface area contributed by atoms with Crippen LogP contribution in [0.1, 0.15) is 10.4 Å². The largest absolute Gasteiger partial charge is 0.497 e. The van der Waals surface area contributed by atoms with Crippen LogP contribution in [0.3, 0.4) is 0 Å².